The summed E-state index contributed by atoms with van der Waals surface area (Å²) in [6, 6.07) is 14.2. The molecule has 3 rings (SSSR count). The van der Waals surface area contributed by atoms with Gasteiger partial charge in [-0.2, -0.15) is 5.26 Å². The minimum atomic E-state index is -0.986. The Balaban J connectivity index is 2.41. The highest BCUT2D eigenvalue weighted by molar-refractivity contribution is 6.31. The molecule has 0 aliphatic carbocycles. The lowest BCUT2D eigenvalue weighted by atomic mass is 9.81. The smallest absolute Gasteiger partial charge is 0.355 e. The van der Waals surface area contributed by atoms with Crippen molar-refractivity contribution in [1.29, 1.82) is 5.26 Å². The molecular weight excluding hydrogens is 425 g/mol. The van der Waals surface area contributed by atoms with Gasteiger partial charge in [-0.15, -0.1) is 0 Å². The minimum absolute atomic E-state index is 0.000277. The Labute approximate surface area is 182 Å². The molecule has 31 heavy (non-hydrogen) atoms. The van der Waals surface area contributed by atoms with E-state index in [0.29, 0.717) is 5.56 Å². The summed E-state index contributed by atoms with van der Waals surface area (Å²) in [4.78, 5) is 26.9. The number of anilines is 1. The molecule has 0 spiro atoms. The van der Waals surface area contributed by atoms with Crippen molar-refractivity contribution in [1.82, 2.24) is 0 Å². The summed E-state index contributed by atoms with van der Waals surface area (Å²) < 4.78 is 23.6. The van der Waals surface area contributed by atoms with E-state index in [1.807, 2.05) is 6.07 Å². The highest BCUT2D eigenvalue weighted by Crippen LogP contribution is 2.43. The van der Waals surface area contributed by atoms with Crippen LogP contribution in [0.5, 0.6) is 0 Å². The number of carbonyl (C=O) groups excluding carboxylic acids is 2. The van der Waals surface area contributed by atoms with Gasteiger partial charge in [-0.05, 0) is 23.8 Å². The molecule has 1 aliphatic heterocycles. The average Bonchev–Trinajstić information content (AvgIpc) is 2.79. The molecule has 0 aromatic heterocycles. The van der Waals surface area contributed by atoms with Crippen LogP contribution < -0.4 is 10.6 Å². The number of ether oxygens (including phenoxy) is 2. The number of hydrogen-bond acceptors (Lipinski definition) is 7. The zero-order chi connectivity index (χ0) is 22.7. The van der Waals surface area contributed by atoms with Crippen LogP contribution >= 0.6 is 11.6 Å². The van der Waals surface area contributed by atoms with Gasteiger partial charge >= 0.3 is 11.9 Å². The Kier molecular flexibility index (Phi) is 6.28. The van der Waals surface area contributed by atoms with Gasteiger partial charge in [0, 0.05) is 5.69 Å². The van der Waals surface area contributed by atoms with E-state index in [1.54, 1.807) is 30.3 Å². The molecule has 0 radical (unpaired) electrons. The number of nitriles is 1. The summed E-state index contributed by atoms with van der Waals surface area (Å²) in [7, 11) is 2.29. The van der Waals surface area contributed by atoms with Crippen molar-refractivity contribution >= 4 is 29.2 Å². The molecule has 0 fully saturated rings. The fraction of sp³-hybridized carbons (Fsp3) is 0.136. The second-order valence-electron chi connectivity index (χ2n) is 6.43. The maximum Gasteiger partial charge on any atom is 0.355 e. The molecular formula is C22H17ClFN3O4. The lowest BCUT2D eigenvalue weighted by Gasteiger charge is -2.35. The van der Waals surface area contributed by atoms with Crippen LogP contribution in [0.2, 0.25) is 5.02 Å². The second-order valence-corrected chi connectivity index (χ2v) is 6.84. The van der Waals surface area contributed by atoms with Gasteiger partial charge < -0.3 is 15.2 Å². The predicted molar refractivity (Wildman–Crippen MR) is 111 cm³/mol. The summed E-state index contributed by atoms with van der Waals surface area (Å²) >= 11 is 5.92. The third-order valence-electron chi connectivity index (χ3n) is 4.77. The number of hydrogen-bond donors (Lipinski definition) is 1. The van der Waals surface area contributed by atoms with Gasteiger partial charge in [0.15, 0.2) is 0 Å². The van der Waals surface area contributed by atoms with E-state index < -0.39 is 23.7 Å². The number of nitrogens with two attached hydrogens (primary N) is 1. The van der Waals surface area contributed by atoms with Crippen molar-refractivity contribution in [3.05, 3.63) is 87.6 Å². The first-order valence-electron chi connectivity index (χ1n) is 8.96. The monoisotopic (exact) mass is 441 g/mol. The second kappa shape index (κ2) is 8.90. The van der Waals surface area contributed by atoms with Gasteiger partial charge in [0.25, 0.3) is 0 Å². The van der Waals surface area contributed by atoms with Crippen molar-refractivity contribution < 1.29 is 23.5 Å². The van der Waals surface area contributed by atoms with Crippen LogP contribution in [0.3, 0.4) is 0 Å². The van der Waals surface area contributed by atoms with E-state index in [0.717, 1.165) is 25.2 Å². The average molecular weight is 442 g/mol. The number of esters is 2. The fourth-order valence-corrected chi connectivity index (χ4v) is 3.58. The molecule has 2 aromatic rings. The van der Waals surface area contributed by atoms with Gasteiger partial charge in [0.2, 0.25) is 0 Å². The number of halogens is 2. The summed E-state index contributed by atoms with van der Waals surface area (Å²) in [6.45, 7) is 0. The maximum absolute atomic E-state index is 13.7. The number of rotatable bonds is 4. The summed E-state index contributed by atoms with van der Waals surface area (Å²) in [5.41, 5.74) is 6.61. The Morgan fingerprint density at radius 1 is 1.13 bits per heavy atom. The Morgan fingerprint density at radius 3 is 2.32 bits per heavy atom. The molecule has 2 aromatic carbocycles. The van der Waals surface area contributed by atoms with Crippen LogP contribution in [-0.4, -0.2) is 26.2 Å². The van der Waals surface area contributed by atoms with E-state index >= 15 is 0 Å². The molecule has 0 bridgehead atoms. The zero-order valence-electron chi connectivity index (χ0n) is 16.6. The molecule has 0 amide bonds. The highest BCUT2D eigenvalue weighted by Gasteiger charge is 2.43. The first kappa shape index (κ1) is 21.9. The first-order valence-corrected chi connectivity index (χ1v) is 9.34. The predicted octanol–water partition coefficient (Wildman–Crippen LogP) is 3.38. The van der Waals surface area contributed by atoms with Crippen molar-refractivity contribution in [2.24, 2.45) is 5.73 Å². The number of methoxy groups -OCH3 is 2. The topological polar surface area (TPSA) is 106 Å². The SMILES string of the molecule is COC(=O)C1=C(C(=O)OC)N(c2ccc(F)c(Cl)c2)C(N)=C(C#N)C1c1ccccc1. The molecule has 1 atom stereocenters. The Morgan fingerprint density at radius 2 is 1.77 bits per heavy atom. The lowest BCUT2D eigenvalue weighted by Crippen LogP contribution is -2.40. The third kappa shape index (κ3) is 3.83. The standard InChI is InChI=1S/C22H17ClFN3O4/c1-30-21(28)18-17(12-6-4-3-5-7-12)14(11-25)20(26)27(19(18)22(29)31-2)13-8-9-16(24)15(23)10-13/h3-10,17H,26H2,1-2H3. The number of carbonyl (C=O) groups is 2. The molecule has 1 unspecified atom stereocenters. The Bertz CT molecular complexity index is 1160. The van der Waals surface area contributed by atoms with E-state index in [4.69, 9.17) is 26.8 Å². The van der Waals surface area contributed by atoms with E-state index in [2.05, 4.69) is 0 Å². The highest BCUT2D eigenvalue weighted by atomic mass is 35.5. The van der Waals surface area contributed by atoms with Gasteiger partial charge in [-0.25, -0.2) is 14.0 Å². The van der Waals surface area contributed by atoms with Crippen LogP contribution in [0.1, 0.15) is 11.5 Å². The van der Waals surface area contributed by atoms with Gasteiger partial charge in [0.1, 0.15) is 17.3 Å². The molecule has 1 aliphatic rings. The van der Waals surface area contributed by atoms with E-state index in [-0.39, 0.29) is 33.4 Å². The van der Waals surface area contributed by atoms with Gasteiger partial charge in [-0.3, -0.25) is 4.90 Å². The number of benzene rings is 2. The molecule has 7 nitrogen and oxygen atoms in total. The van der Waals surface area contributed by atoms with E-state index in [1.165, 1.54) is 12.1 Å². The fourth-order valence-electron chi connectivity index (χ4n) is 3.41. The van der Waals surface area contributed by atoms with Crippen molar-refractivity contribution in [3.8, 4) is 6.07 Å². The van der Waals surface area contributed by atoms with Crippen molar-refractivity contribution in [3.63, 3.8) is 0 Å². The van der Waals surface area contributed by atoms with Crippen molar-refractivity contribution in [2.75, 3.05) is 19.1 Å². The maximum atomic E-state index is 13.7. The molecule has 1 heterocycles. The zero-order valence-corrected chi connectivity index (χ0v) is 17.3. The van der Waals surface area contributed by atoms with Crippen LogP contribution in [0.4, 0.5) is 10.1 Å². The summed E-state index contributed by atoms with van der Waals surface area (Å²) in [5, 5.41) is 9.68. The normalized spacial score (nSPS) is 16.1. The molecule has 0 saturated heterocycles. The first-order chi connectivity index (χ1) is 14.8. The largest absolute Gasteiger partial charge is 0.466 e. The van der Waals surface area contributed by atoms with E-state index in [9.17, 15) is 19.2 Å². The molecule has 2 N–H and O–H groups in total. The number of allylic oxidation sites excluding steroid dienone is 1. The number of nitrogens with zero attached hydrogens (tertiary/aromatic N) is 2. The Hall–Kier alpha value is -3.83. The van der Waals surface area contributed by atoms with Crippen molar-refractivity contribution in [2.45, 2.75) is 5.92 Å². The van der Waals surface area contributed by atoms with Crippen LogP contribution in [-0.2, 0) is 19.1 Å². The quantitative estimate of drug-likeness (QED) is 0.725. The van der Waals surface area contributed by atoms with Gasteiger partial charge in [0.05, 0.1) is 42.4 Å². The summed E-state index contributed by atoms with van der Waals surface area (Å²) in [5.74, 6) is -3.56. The molecule has 158 valence electrons. The molecule has 9 heteroatoms. The van der Waals surface area contributed by atoms with Crippen LogP contribution in [0.25, 0.3) is 0 Å². The van der Waals surface area contributed by atoms with Crippen LogP contribution in [0.15, 0.2) is 71.2 Å². The van der Waals surface area contributed by atoms with Gasteiger partial charge in [-0.1, -0.05) is 41.9 Å². The molecule has 0 saturated carbocycles. The van der Waals surface area contributed by atoms with Crippen LogP contribution in [0, 0.1) is 17.1 Å². The summed E-state index contributed by atoms with van der Waals surface area (Å²) in [6.07, 6.45) is 0. The lowest BCUT2D eigenvalue weighted by molar-refractivity contribution is -0.139. The third-order valence-corrected chi connectivity index (χ3v) is 5.06. The minimum Gasteiger partial charge on any atom is -0.466 e.